The van der Waals surface area contributed by atoms with Crippen LogP contribution < -0.4 is 0 Å². The normalized spacial score (nSPS) is 28.1. The third kappa shape index (κ3) is 1.61. The van der Waals surface area contributed by atoms with Gasteiger partial charge in [0.05, 0.1) is 5.92 Å². The molecule has 0 saturated heterocycles. The Morgan fingerprint density at radius 2 is 2.25 bits per heavy atom. The molecule has 1 aliphatic carbocycles. The first-order valence-corrected chi connectivity index (χ1v) is 5.85. The Balaban J connectivity index is 2.40. The van der Waals surface area contributed by atoms with Crippen LogP contribution in [0.4, 0.5) is 0 Å². The molecule has 2 atom stereocenters. The van der Waals surface area contributed by atoms with Gasteiger partial charge in [-0.25, -0.2) is 0 Å². The number of rotatable bonds is 3. The number of hydrogen-bond acceptors (Lipinski definition) is 1. The first kappa shape index (κ1) is 11.5. The molecule has 3 heteroatoms. The highest BCUT2D eigenvalue weighted by Crippen LogP contribution is 2.59. The molecule has 0 aliphatic heterocycles. The average Bonchev–Trinajstić information content (AvgIpc) is 2.93. The molecule has 2 nitrogen and oxygen atoms in total. The minimum atomic E-state index is -0.700. The molecule has 0 heterocycles. The molecule has 1 saturated carbocycles. The molecule has 0 radical (unpaired) electrons. The predicted molar refractivity (Wildman–Crippen MR) is 63.7 cm³/mol. The summed E-state index contributed by atoms with van der Waals surface area (Å²) in [6.07, 6.45) is 0.723. The van der Waals surface area contributed by atoms with E-state index in [0.717, 1.165) is 12.0 Å². The van der Waals surface area contributed by atoms with Crippen molar-refractivity contribution in [3.8, 4) is 0 Å². The number of carboxylic acid groups (broad SMARTS) is 1. The molecule has 1 fully saturated rings. The van der Waals surface area contributed by atoms with Crippen molar-refractivity contribution in [1.29, 1.82) is 0 Å². The Bertz CT molecular complexity index is 428. The highest BCUT2D eigenvalue weighted by Gasteiger charge is 2.61. The second kappa shape index (κ2) is 3.77. The van der Waals surface area contributed by atoms with Crippen molar-refractivity contribution in [2.24, 2.45) is 11.8 Å². The van der Waals surface area contributed by atoms with E-state index in [2.05, 4.69) is 13.8 Å². The van der Waals surface area contributed by atoms with Crippen LogP contribution in [-0.2, 0) is 10.2 Å². The smallest absolute Gasteiger partial charge is 0.307 e. The number of hydrogen-bond donors (Lipinski definition) is 1. The maximum Gasteiger partial charge on any atom is 0.307 e. The number of carbonyl (C=O) groups is 1. The maximum atomic E-state index is 11.1. The van der Waals surface area contributed by atoms with Crippen LogP contribution >= 0.6 is 11.6 Å². The molecule has 0 bridgehead atoms. The van der Waals surface area contributed by atoms with Crippen LogP contribution in [0.3, 0.4) is 0 Å². The summed E-state index contributed by atoms with van der Waals surface area (Å²) < 4.78 is 0. The molecule has 0 amide bonds. The van der Waals surface area contributed by atoms with Crippen molar-refractivity contribution in [2.45, 2.75) is 25.7 Å². The van der Waals surface area contributed by atoms with Crippen molar-refractivity contribution in [3.63, 3.8) is 0 Å². The second-order valence-electron chi connectivity index (χ2n) is 4.80. The minimum Gasteiger partial charge on any atom is -0.481 e. The molecule has 1 unspecified atom stereocenters. The summed E-state index contributed by atoms with van der Waals surface area (Å²) in [7, 11) is 0. The first-order chi connectivity index (χ1) is 7.48. The number of halogens is 1. The van der Waals surface area contributed by atoms with Crippen molar-refractivity contribution in [2.75, 3.05) is 0 Å². The lowest BCUT2D eigenvalue weighted by atomic mass is 9.83. The Morgan fingerprint density at radius 1 is 1.56 bits per heavy atom. The molecule has 1 N–H and O–H groups in total. The van der Waals surface area contributed by atoms with E-state index in [-0.39, 0.29) is 11.3 Å². The van der Waals surface area contributed by atoms with Crippen molar-refractivity contribution < 1.29 is 9.90 Å². The largest absolute Gasteiger partial charge is 0.481 e. The third-order valence-electron chi connectivity index (χ3n) is 3.69. The van der Waals surface area contributed by atoms with Gasteiger partial charge in [0.15, 0.2) is 0 Å². The number of aliphatic carboxylic acids is 1. The van der Waals surface area contributed by atoms with Gasteiger partial charge in [-0.2, -0.15) is 0 Å². The molecule has 1 aromatic rings. The molecule has 0 spiro atoms. The quantitative estimate of drug-likeness (QED) is 0.877. The fourth-order valence-corrected chi connectivity index (χ4v) is 2.85. The topological polar surface area (TPSA) is 37.3 Å². The average molecular weight is 239 g/mol. The van der Waals surface area contributed by atoms with E-state index in [9.17, 15) is 4.79 Å². The maximum absolute atomic E-state index is 11.1. The van der Waals surface area contributed by atoms with Crippen LogP contribution in [0, 0.1) is 11.8 Å². The molecule has 16 heavy (non-hydrogen) atoms. The third-order valence-corrected chi connectivity index (χ3v) is 3.93. The zero-order valence-corrected chi connectivity index (χ0v) is 10.2. The van der Waals surface area contributed by atoms with E-state index >= 15 is 0 Å². The van der Waals surface area contributed by atoms with Crippen LogP contribution in [0.25, 0.3) is 0 Å². The van der Waals surface area contributed by atoms with Gasteiger partial charge in [0.1, 0.15) is 0 Å². The van der Waals surface area contributed by atoms with Crippen LogP contribution in [0.1, 0.15) is 25.8 Å². The van der Waals surface area contributed by atoms with Gasteiger partial charge in [-0.3, -0.25) is 4.79 Å². The van der Waals surface area contributed by atoms with E-state index in [0.29, 0.717) is 10.9 Å². The lowest BCUT2D eigenvalue weighted by Crippen LogP contribution is -2.21. The summed E-state index contributed by atoms with van der Waals surface area (Å²) in [6, 6.07) is 7.58. The van der Waals surface area contributed by atoms with Gasteiger partial charge in [0.2, 0.25) is 0 Å². The second-order valence-corrected chi connectivity index (χ2v) is 5.24. The Kier molecular flexibility index (Phi) is 2.70. The first-order valence-electron chi connectivity index (χ1n) is 5.47. The van der Waals surface area contributed by atoms with Gasteiger partial charge in [0, 0.05) is 10.4 Å². The lowest BCUT2D eigenvalue weighted by Gasteiger charge is -2.21. The van der Waals surface area contributed by atoms with Crippen LogP contribution in [0.2, 0.25) is 5.02 Å². The number of carboxylic acids is 1. The summed E-state index contributed by atoms with van der Waals surface area (Å²) >= 11 is 5.96. The van der Waals surface area contributed by atoms with E-state index in [4.69, 9.17) is 16.7 Å². The fraction of sp³-hybridized carbons (Fsp3) is 0.462. The summed E-state index contributed by atoms with van der Waals surface area (Å²) in [5.74, 6) is -0.647. The standard InChI is InChI=1S/C13H15ClO2/c1-8(2)13(7-11(13)12(15)16)9-4-3-5-10(14)6-9/h3-6,8,11H,7H2,1-2H3,(H,15,16)/t11-,13?/m0/s1. The van der Waals surface area contributed by atoms with E-state index in [1.54, 1.807) is 0 Å². The molecule has 2 rings (SSSR count). The fourth-order valence-electron chi connectivity index (χ4n) is 2.65. The zero-order chi connectivity index (χ0) is 11.9. The minimum absolute atomic E-state index is 0.212. The molecule has 1 aliphatic rings. The van der Waals surface area contributed by atoms with Gasteiger partial charge < -0.3 is 5.11 Å². The summed E-state index contributed by atoms with van der Waals surface area (Å²) in [5, 5.41) is 9.81. The van der Waals surface area contributed by atoms with Crippen molar-refractivity contribution >= 4 is 17.6 Å². The Hall–Kier alpha value is -1.02. The summed E-state index contributed by atoms with van der Waals surface area (Å²) in [6.45, 7) is 4.15. The van der Waals surface area contributed by atoms with Crippen molar-refractivity contribution in [3.05, 3.63) is 34.9 Å². The zero-order valence-electron chi connectivity index (χ0n) is 9.40. The van der Waals surface area contributed by atoms with Gasteiger partial charge in [-0.15, -0.1) is 0 Å². The van der Waals surface area contributed by atoms with Crippen LogP contribution in [-0.4, -0.2) is 11.1 Å². The van der Waals surface area contributed by atoms with Crippen molar-refractivity contribution in [1.82, 2.24) is 0 Å². The SMILES string of the molecule is CC(C)C1(c2cccc(Cl)c2)C[C@H]1C(=O)O. The highest BCUT2D eigenvalue weighted by molar-refractivity contribution is 6.30. The lowest BCUT2D eigenvalue weighted by molar-refractivity contribution is -0.139. The molecular formula is C13H15ClO2. The Labute approximate surface area is 100 Å². The van der Waals surface area contributed by atoms with E-state index in [1.807, 2.05) is 24.3 Å². The molecular weight excluding hydrogens is 224 g/mol. The highest BCUT2D eigenvalue weighted by atomic mass is 35.5. The van der Waals surface area contributed by atoms with E-state index in [1.165, 1.54) is 0 Å². The monoisotopic (exact) mass is 238 g/mol. The van der Waals surface area contributed by atoms with Crippen LogP contribution in [0.15, 0.2) is 24.3 Å². The Morgan fingerprint density at radius 3 is 2.69 bits per heavy atom. The van der Waals surface area contributed by atoms with Crippen LogP contribution in [0.5, 0.6) is 0 Å². The summed E-state index contributed by atoms with van der Waals surface area (Å²) in [4.78, 5) is 11.1. The van der Waals surface area contributed by atoms with Gasteiger partial charge >= 0.3 is 5.97 Å². The number of benzene rings is 1. The van der Waals surface area contributed by atoms with Gasteiger partial charge in [-0.05, 0) is 30.0 Å². The van der Waals surface area contributed by atoms with Gasteiger partial charge in [0.25, 0.3) is 0 Å². The molecule has 0 aromatic heterocycles. The van der Waals surface area contributed by atoms with E-state index < -0.39 is 5.97 Å². The predicted octanol–water partition coefficient (Wildman–Crippen LogP) is 3.34. The van der Waals surface area contributed by atoms with Gasteiger partial charge in [-0.1, -0.05) is 37.6 Å². The molecule has 1 aromatic carbocycles. The summed E-state index contributed by atoms with van der Waals surface area (Å²) in [5.41, 5.74) is 0.846. The molecule has 86 valence electrons.